The number of thioether (sulfide) groups is 1. The van der Waals surface area contributed by atoms with Gasteiger partial charge in [0.1, 0.15) is 0 Å². The van der Waals surface area contributed by atoms with Crippen LogP contribution in [0.3, 0.4) is 0 Å². The number of hydrogen-bond acceptors (Lipinski definition) is 3. The van der Waals surface area contributed by atoms with Crippen LogP contribution in [-0.4, -0.2) is 36.0 Å². The first-order chi connectivity index (χ1) is 9.10. The fourth-order valence-corrected chi connectivity index (χ4v) is 4.65. The van der Waals surface area contributed by atoms with Crippen LogP contribution < -0.4 is 10.6 Å². The summed E-state index contributed by atoms with van der Waals surface area (Å²) in [5.74, 6) is 1.56. The van der Waals surface area contributed by atoms with Crippen LogP contribution in [0, 0.1) is 5.41 Å². The zero-order valence-electron chi connectivity index (χ0n) is 12.4. The van der Waals surface area contributed by atoms with E-state index in [4.69, 9.17) is 0 Å². The van der Waals surface area contributed by atoms with Crippen LogP contribution in [0.1, 0.15) is 52.4 Å². The highest BCUT2D eigenvalue weighted by atomic mass is 32.2. The largest absolute Gasteiger partial charge is 0.354 e. The third kappa shape index (κ3) is 3.66. The number of amides is 1. The van der Waals surface area contributed by atoms with Crippen LogP contribution in [0.4, 0.5) is 0 Å². The second kappa shape index (κ2) is 6.49. The number of carbonyl (C=O) groups excluding carboxylic acids is 1. The van der Waals surface area contributed by atoms with Gasteiger partial charge in [0.25, 0.3) is 0 Å². The third-order valence-corrected chi connectivity index (χ3v) is 6.23. The second-order valence-electron chi connectivity index (χ2n) is 6.36. The summed E-state index contributed by atoms with van der Waals surface area (Å²) in [6.45, 7) is 7.29. The minimum Gasteiger partial charge on any atom is -0.354 e. The van der Waals surface area contributed by atoms with Gasteiger partial charge >= 0.3 is 0 Å². The van der Waals surface area contributed by atoms with E-state index in [1.807, 2.05) is 11.8 Å². The van der Waals surface area contributed by atoms with Crippen LogP contribution in [-0.2, 0) is 4.79 Å². The summed E-state index contributed by atoms with van der Waals surface area (Å²) in [6.07, 6.45) is 6.65. The summed E-state index contributed by atoms with van der Waals surface area (Å²) in [7, 11) is 0. The molecule has 2 aliphatic rings. The summed E-state index contributed by atoms with van der Waals surface area (Å²) in [4.78, 5) is 12.7. The second-order valence-corrected chi connectivity index (χ2v) is 8.05. The minimum atomic E-state index is -0.0976. The van der Waals surface area contributed by atoms with Crippen molar-refractivity contribution >= 4 is 17.7 Å². The van der Waals surface area contributed by atoms with Crippen LogP contribution in [0.25, 0.3) is 0 Å². The molecule has 0 bridgehead atoms. The van der Waals surface area contributed by atoms with Gasteiger partial charge < -0.3 is 10.6 Å². The molecule has 0 saturated carbocycles. The predicted molar refractivity (Wildman–Crippen MR) is 82.6 cm³/mol. The van der Waals surface area contributed by atoms with Crippen LogP contribution >= 0.6 is 11.8 Å². The maximum Gasteiger partial charge on any atom is 0.226 e. The lowest BCUT2D eigenvalue weighted by Crippen LogP contribution is -2.50. The molecule has 110 valence electrons. The number of nitrogens with one attached hydrogen (secondary N) is 2. The van der Waals surface area contributed by atoms with Crippen LogP contribution in [0.15, 0.2) is 0 Å². The van der Waals surface area contributed by atoms with E-state index in [2.05, 4.69) is 24.5 Å². The lowest BCUT2D eigenvalue weighted by Gasteiger charge is -2.37. The van der Waals surface area contributed by atoms with Crippen molar-refractivity contribution in [3.63, 3.8) is 0 Å². The molecule has 2 heterocycles. The Kier molecular flexibility index (Phi) is 5.18. The minimum absolute atomic E-state index is 0.0976. The van der Waals surface area contributed by atoms with E-state index in [1.54, 1.807) is 0 Å². The smallest absolute Gasteiger partial charge is 0.226 e. The average Bonchev–Trinajstić information content (AvgIpc) is 2.85. The molecule has 2 fully saturated rings. The maximum atomic E-state index is 12.7. The SMILES string of the molecule is CCCC1(C(=O)NCC2(C)CCCS2)CCNCC1. The Labute approximate surface area is 121 Å². The molecule has 2 rings (SSSR count). The quantitative estimate of drug-likeness (QED) is 0.815. The molecule has 1 atom stereocenters. The summed E-state index contributed by atoms with van der Waals surface area (Å²) in [6, 6.07) is 0. The summed E-state index contributed by atoms with van der Waals surface area (Å²) in [5.41, 5.74) is -0.0976. The summed E-state index contributed by atoms with van der Waals surface area (Å²) in [5, 5.41) is 6.65. The molecule has 0 aromatic heterocycles. The van der Waals surface area contributed by atoms with E-state index in [0.717, 1.165) is 45.3 Å². The monoisotopic (exact) mass is 284 g/mol. The van der Waals surface area contributed by atoms with Gasteiger partial charge in [-0.2, -0.15) is 11.8 Å². The van der Waals surface area contributed by atoms with Crippen molar-refractivity contribution in [1.29, 1.82) is 0 Å². The first-order valence-corrected chi connectivity index (χ1v) is 8.72. The molecule has 2 saturated heterocycles. The van der Waals surface area contributed by atoms with Gasteiger partial charge in [-0.05, 0) is 57.9 Å². The van der Waals surface area contributed by atoms with Crippen molar-refractivity contribution in [1.82, 2.24) is 10.6 Å². The molecule has 0 aromatic carbocycles. The highest BCUT2D eigenvalue weighted by Crippen LogP contribution is 2.38. The van der Waals surface area contributed by atoms with Gasteiger partial charge in [-0.3, -0.25) is 4.79 Å². The van der Waals surface area contributed by atoms with Crippen LogP contribution in [0.2, 0.25) is 0 Å². The van der Waals surface area contributed by atoms with Crippen LogP contribution in [0.5, 0.6) is 0 Å². The summed E-state index contributed by atoms with van der Waals surface area (Å²) < 4.78 is 0.274. The van der Waals surface area contributed by atoms with Gasteiger partial charge in [-0.15, -0.1) is 0 Å². The molecule has 0 radical (unpaired) electrons. The van der Waals surface area contributed by atoms with Gasteiger partial charge in [0.15, 0.2) is 0 Å². The van der Waals surface area contributed by atoms with Gasteiger partial charge in [-0.1, -0.05) is 13.3 Å². The maximum absolute atomic E-state index is 12.7. The molecule has 1 unspecified atom stereocenters. The lowest BCUT2D eigenvalue weighted by molar-refractivity contribution is -0.133. The van der Waals surface area contributed by atoms with Gasteiger partial charge in [0, 0.05) is 11.3 Å². The topological polar surface area (TPSA) is 41.1 Å². The van der Waals surface area contributed by atoms with Gasteiger partial charge in [0.05, 0.1) is 5.41 Å². The average molecular weight is 284 g/mol. The fraction of sp³-hybridized carbons (Fsp3) is 0.933. The molecule has 0 aliphatic carbocycles. The van der Waals surface area contributed by atoms with E-state index in [1.165, 1.54) is 18.6 Å². The third-order valence-electron chi connectivity index (χ3n) is 4.69. The Balaban J connectivity index is 1.91. The molecule has 2 aliphatic heterocycles. The van der Waals surface area contributed by atoms with Crippen molar-refractivity contribution in [3.8, 4) is 0 Å². The van der Waals surface area contributed by atoms with E-state index in [9.17, 15) is 4.79 Å². The molecule has 3 nitrogen and oxygen atoms in total. The molecular weight excluding hydrogens is 256 g/mol. The zero-order chi connectivity index (χ0) is 13.8. The zero-order valence-corrected chi connectivity index (χ0v) is 13.2. The van der Waals surface area contributed by atoms with Crippen molar-refractivity contribution in [3.05, 3.63) is 0 Å². The molecule has 1 amide bonds. The van der Waals surface area contributed by atoms with E-state index >= 15 is 0 Å². The molecule has 19 heavy (non-hydrogen) atoms. The molecule has 0 aromatic rings. The Morgan fingerprint density at radius 1 is 1.32 bits per heavy atom. The van der Waals surface area contributed by atoms with Crippen molar-refractivity contribution in [2.75, 3.05) is 25.4 Å². The predicted octanol–water partition coefficient (Wildman–Crippen LogP) is 2.56. The van der Waals surface area contributed by atoms with Gasteiger partial charge in [0.2, 0.25) is 5.91 Å². The summed E-state index contributed by atoms with van der Waals surface area (Å²) >= 11 is 2.02. The van der Waals surface area contributed by atoms with Gasteiger partial charge in [-0.25, -0.2) is 0 Å². The van der Waals surface area contributed by atoms with E-state index < -0.39 is 0 Å². The molecule has 4 heteroatoms. The Hall–Kier alpha value is -0.220. The van der Waals surface area contributed by atoms with E-state index in [0.29, 0.717) is 5.91 Å². The fourth-order valence-electron chi connectivity index (χ4n) is 3.41. The number of hydrogen-bond donors (Lipinski definition) is 2. The first-order valence-electron chi connectivity index (χ1n) is 7.73. The van der Waals surface area contributed by atoms with Crippen molar-refractivity contribution in [2.45, 2.75) is 57.1 Å². The molecule has 0 spiro atoms. The number of carbonyl (C=O) groups is 1. The van der Waals surface area contributed by atoms with Crippen molar-refractivity contribution in [2.24, 2.45) is 5.41 Å². The number of rotatable bonds is 5. The Morgan fingerprint density at radius 3 is 2.63 bits per heavy atom. The standard InChI is InChI=1S/C15H28N2OS/c1-3-5-15(7-9-16-10-8-15)13(18)17-12-14(2)6-4-11-19-14/h16H,3-12H2,1-2H3,(H,17,18). The first kappa shape index (κ1) is 15.2. The highest BCUT2D eigenvalue weighted by molar-refractivity contribution is 8.00. The highest BCUT2D eigenvalue weighted by Gasteiger charge is 2.39. The molecular formula is C15H28N2OS. The Morgan fingerprint density at radius 2 is 2.05 bits per heavy atom. The van der Waals surface area contributed by atoms with E-state index in [-0.39, 0.29) is 10.2 Å². The van der Waals surface area contributed by atoms with Crippen molar-refractivity contribution < 1.29 is 4.79 Å². The normalized spacial score (nSPS) is 30.2. The Bertz CT molecular complexity index is 302. The number of piperidine rings is 1. The lowest BCUT2D eigenvalue weighted by atomic mass is 9.74. The molecule has 2 N–H and O–H groups in total.